The number of nitrogens with zero attached hydrogens (tertiary/aromatic N) is 1. The van der Waals surface area contributed by atoms with Gasteiger partial charge in [0.2, 0.25) is 5.89 Å². The molecule has 0 spiro atoms. The predicted octanol–water partition coefficient (Wildman–Crippen LogP) is 5.04. The van der Waals surface area contributed by atoms with Crippen LogP contribution in [0.15, 0.2) is 71.1 Å². The van der Waals surface area contributed by atoms with Gasteiger partial charge < -0.3 is 9.15 Å². The van der Waals surface area contributed by atoms with E-state index in [0.717, 1.165) is 11.1 Å². The summed E-state index contributed by atoms with van der Waals surface area (Å²) in [6, 6.07) is 20.4. The number of aromatic nitrogens is 1. The molecule has 4 rings (SSSR count). The average Bonchev–Trinajstić information content (AvgIpc) is 3.11. The van der Waals surface area contributed by atoms with Crippen LogP contribution in [0, 0.1) is 6.92 Å². The van der Waals surface area contributed by atoms with Crippen LogP contribution in [0.5, 0.6) is 5.75 Å². The third kappa shape index (κ3) is 2.86. The van der Waals surface area contributed by atoms with Gasteiger partial charge in [-0.2, -0.15) is 0 Å². The quantitative estimate of drug-likeness (QED) is 0.487. The van der Waals surface area contributed by atoms with Gasteiger partial charge >= 0.3 is 0 Å². The molecule has 0 atom stereocenters. The third-order valence-electron chi connectivity index (χ3n) is 4.28. The fourth-order valence-electron chi connectivity index (χ4n) is 2.94. The second-order valence-electron chi connectivity index (χ2n) is 6.10. The van der Waals surface area contributed by atoms with Gasteiger partial charge in [0.05, 0.1) is 7.11 Å². The number of hydrogen-bond donors (Lipinski definition) is 0. The second kappa shape index (κ2) is 6.48. The molecule has 4 nitrogen and oxygen atoms in total. The molecule has 26 heavy (non-hydrogen) atoms. The van der Waals surface area contributed by atoms with E-state index in [9.17, 15) is 4.79 Å². The van der Waals surface area contributed by atoms with Crippen LogP contribution in [0.4, 0.5) is 0 Å². The first-order chi connectivity index (χ1) is 12.7. The first-order valence-corrected chi connectivity index (χ1v) is 8.31. The lowest BCUT2D eigenvalue weighted by molar-refractivity contribution is 0.103. The van der Waals surface area contributed by atoms with E-state index in [4.69, 9.17) is 9.15 Å². The van der Waals surface area contributed by atoms with E-state index in [1.165, 1.54) is 0 Å². The molecule has 0 aliphatic carbocycles. The Kier molecular flexibility index (Phi) is 4.01. The number of aryl methyl sites for hydroxylation is 1. The molecule has 4 heteroatoms. The number of benzene rings is 3. The zero-order valence-corrected chi connectivity index (χ0v) is 14.5. The lowest BCUT2D eigenvalue weighted by atomic mass is 9.96. The van der Waals surface area contributed by atoms with Crippen molar-refractivity contribution in [1.82, 2.24) is 4.98 Å². The van der Waals surface area contributed by atoms with Crippen LogP contribution in [0.2, 0.25) is 0 Å². The Morgan fingerprint density at radius 1 is 1.00 bits per heavy atom. The first kappa shape index (κ1) is 16.1. The minimum absolute atomic E-state index is 0.0962. The number of ether oxygens (including phenoxy) is 1. The molecule has 1 heterocycles. The Balaban J connectivity index is 1.85. The molecule has 0 fully saturated rings. The molecule has 0 aliphatic heterocycles. The number of methoxy groups -OCH3 is 1. The van der Waals surface area contributed by atoms with Crippen LogP contribution < -0.4 is 4.74 Å². The molecule has 0 bridgehead atoms. The van der Waals surface area contributed by atoms with Gasteiger partial charge in [0, 0.05) is 16.7 Å². The van der Waals surface area contributed by atoms with Gasteiger partial charge in [0.1, 0.15) is 11.3 Å². The van der Waals surface area contributed by atoms with E-state index in [1.807, 2.05) is 55.5 Å². The highest BCUT2D eigenvalue weighted by atomic mass is 16.5. The number of carbonyl (C=O) groups excluding carboxylic acids is 1. The molecule has 0 unspecified atom stereocenters. The molecule has 0 N–H and O–H groups in total. The number of fused-ring (bicyclic) bond motifs is 1. The Hall–Kier alpha value is -3.40. The summed E-state index contributed by atoms with van der Waals surface area (Å²) in [4.78, 5) is 17.7. The number of hydrogen-bond acceptors (Lipinski definition) is 4. The minimum Gasteiger partial charge on any atom is -0.497 e. The van der Waals surface area contributed by atoms with Crippen molar-refractivity contribution in [1.29, 1.82) is 0 Å². The molecule has 1 aromatic heterocycles. The molecule has 0 saturated carbocycles. The van der Waals surface area contributed by atoms with Gasteiger partial charge in [-0.3, -0.25) is 4.79 Å². The zero-order chi connectivity index (χ0) is 18.1. The summed E-state index contributed by atoms with van der Waals surface area (Å²) in [6.45, 7) is 1.98. The summed E-state index contributed by atoms with van der Waals surface area (Å²) >= 11 is 0. The highest BCUT2D eigenvalue weighted by molar-refractivity contribution is 6.12. The number of ketones is 1. The van der Waals surface area contributed by atoms with Crippen molar-refractivity contribution in [2.45, 2.75) is 6.92 Å². The van der Waals surface area contributed by atoms with E-state index in [1.54, 1.807) is 25.3 Å². The van der Waals surface area contributed by atoms with Crippen molar-refractivity contribution in [3.63, 3.8) is 0 Å². The maximum Gasteiger partial charge on any atom is 0.228 e. The van der Waals surface area contributed by atoms with Gasteiger partial charge in [-0.1, -0.05) is 35.9 Å². The summed E-state index contributed by atoms with van der Waals surface area (Å²) in [5, 5.41) is 0. The topological polar surface area (TPSA) is 52.3 Å². The monoisotopic (exact) mass is 343 g/mol. The van der Waals surface area contributed by atoms with Crippen LogP contribution in [0.1, 0.15) is 21.5 Å². The predicted molar refractivity (Wildman–Crippen MR) is 101 cm³/mol. The van der Waals surface area contributed by atoms with Crippen molar-refractivity contribution < 1.29 is 13.9 Å². The largest absolute Gasteiger partial charge is 0.497 e. The molecule has 0 radical (unpaired) electrons. The number of oxazole rings is 1. The number of carbonyl (C=O) groups is 1. The van der Waals surface area contributed by atoms with Gasteiger partial charge in [-0.15, -0.1) is 0 Å². The lowest BCUT2D eigenvalue weighted by Crippen LogP contribution is -2.04. The van der Waals surface area contributed by atoms with Crippen LogP contribution >= 0.6 is 0 Å². The molecule has 3 aromatic carbocycles. The summed E-state index contributed by atoms with van der Waals surface area (Å²) in [5.41, 5.74) is 4.30. The number of rotatable bonds is 4. The molecule has 128 valence electrons. The van der Waals surface area contributed by atoms with Crippen molar-refractivity contribution in [3.05, 3.63) is 83.4 Å². The molecular formula is C22H17NO3. The van der Waals surface area contributed by atoms with Crippen LogP contribution in [-0.2, 0) is 0 Å². The Morgan fingerprint density at radius 2 is 1.85 bits per heavy atom. The molecule has 0 aliphatic rings. The van der Waals surface area contributed by atoms with E-state index in [-0.39, 0.29) is 5.78 Å². The number of para-hydroxylation sites is 2. The summed E-state index contributed by atoms with van der Waals surface area (Å²) in [5.74, 6) is 0.994. The maximum absolute atomic E-state index is 13.1. The normalized spacial score (nSPS) is 10.8. The van der Waals surface area contributed by atoms with E-state index in [0.29, 0.717) is 33.9 Å². The van der Waals surface area contributed by atoms with Crippen molar-refractivity contribution in [2.75, 3.05) is 7.11 Å². The van der Waals surface area contributed by atoms with E-state index < -0.39 is 0 Å². The second-order valence-corrected chi connectivity index (χ2v) is 6.10. The Bertz CT molecular complexity index is 1080. The van der Waals surface area contributed by atoms with Crippen molar-refractivity contribution in [3.8, 4) is 17.2 Å². The smallest absolute Gasteiger partial charge is 0.228 e. The minimum atomic E-state index is -0.0962. The van der Waals surface area contributed by atoms with Gasteiger partial charge in [-0.05, 0) is 43.3 Å². The van der Waals surface area contributed by atoms with Gasteiger partial charge in [0.25, 0.3) is 0 Å². The summed E-state index contributed by atoms with van der Waals surface area (Å²) < 4.78 is 11.1. The van der Waals surface area contributed by atoms with Crippen LogP contribution in [0.25, 0.3) is 22.6 Å². The average molecular weight is 343 g/mol. The van der Waals surface area contributed by atoms with Crippen molar-refractivity contribution in [2.24, 2.45) is 0 Å². The summed E-state index contributed by atoms with van der Waals surface area (Å²) in [7, 11) is 1.58. The highest BCUT2D eigenvalue weighted by Crippen LogP contribution is 2.30. The van der Waals surface area contributed by atoms with Crippen molar-refractivity contribution >= 4 is 16.9 Å². The highest BCUT2D eigenvalue weighted by Gasteiger charge is 2.19. The Labute approximate surface area is 151 Å². The van der Waals surface area contributed by atoms with E-state index in [2.05, 4.69) is 4.98 Å². The molecule has 0 saturated heterocycles. The fourth-order valence-corrected chi connectivity index (χ4v) is 2.94. The lowest BCUT2D eigenvalue weighted by Gasteiger charge is -2.08. The van der Waals surface area contributed by atoms with Crippen LogP contribution in [-0.4, -0.2) is 17.9 Å². The standard InChI is InChI=1S/C22H17NO3/c1-14-10-11-17(21(24)15-6-5-7-16(13-15)25-2)18(12-14)22-23-19-8-3-4-9-20(19)26-22/h3-13H,1-2H3. The maximum atomic E-state index is 13.1. The first-order valence-electron chi connectivity index (χ1n) is 8.31. The molecule has 0 amide bonds. The molecular weight excluding hydrogens is 326 g/mol. The van der Waals surface area contributed by atoms with Gasteiger partial charge in [-0.25, -0.2) is 4.98 Å². The van der Waals surface area contributed by atoms with Gasteiger partial charge in [0.15, 0.2) is 11.4 Å². The summed E-state index contributed by atoms with van der Waals surface area (Å²) in [6.07, 6.45) is 0. The van der Waals surface area contributed by atoms with Crippen LogP contribution in [0.3, 0.4) is 0 Å². The van der Waals surface area contributed by atoms with E-state index >= 15 is 0 Å². The third-order valence-corrected chi connectivity index (χ3v) is 4.28. The SMILES string of the molecule is COc1cccc(C(=O)c2ccc(C)cc2-c2nc3ccccc3o2)c1. The Morgan fingerprint density at radius 3 is 2.65 bits per heavy atom. The fraction of sp³-hybridized carbons (Fsp3) is 0.0909. The zero-order valence-electron chi connectivity index (χ0n) is 14.5. The molecule has 4 aromatic rings.